The van der Waals surface area contributed by atoms with Crippen molar-refractivity contribution in [2.24, 2.45) is 0 Å². The number of imidazole rings is 1. The van der Waals surface area contributed by atoms with Gasteiger partial charge in [-0.2, -0.15) is 0 Å². The van der Waals surface area contributed by atoms with E-state index in [9.17, 15) is 28.8 Å². The van der Waals surface area contributed by atoms with Crippen molar-refractivity contribution in [2.75, 3.05) is 110 Å². The molecule has 638 valence electrons. The van der Waals surface area contributed by atoms with E-state index >= 15 is 0 Å². The van der Waals surface area contributed by atoms with Crippen LogP contribution in [0, 0.1) is 34.6 Å². The first-order chi connectivity index (χ1) is 60.6. The number of aryl methyl sites for hydroxylation is 5. The molecule has 25 heteroatoms. The minimum absolute atomic E-state index is 0.0278. The normalized spacial score (nSPS) is 13.3. The van der Waals surface area contributed by atoms with Gasteiger partial charge in [0.15, 0.2) is 0 Å². The Kier molecular flexibility index (Phi) is 30.8. The Morgan fingerprint density at radius 1 is 0.368 bits per heavy atom. The molecule has 0 bridgehead atoms. The second-order valence-corrected chi connectivity index (χ2v) is 31.6. The first-order valence-corrected chi connectivity index (χ1v) is 42.2. The Morgan fingerprint density at radius 2 is 0.808 bits per heavy atom. The zero-order valence-electron chi connectivity index (χ0n) is 71.8. The number of aromatic nitrogens is 9. The van der Waals surface area contributed by atoms with E-state index in [2.05, 4.69) is 113 Å². The third-order valence-electron chi connectivity index (χ3n) is 22.0. The number of β-amino-alcohol motifs (C(OH)–C–C–N with tert-alkyl or cyclic N) is 1. The maximum absolute atomic E-state index is 12.5. The number of pyridine rings is 7. The molecule has 3 saturated heterocycles. The van der Waals surface area contributed by atoms with Gasteiger partial charge in [-0.25, -0.2) is 24.9 Å². The molecule has 16 rings (SSSR count). The molecule has 8 aromatic heterocycles. The fourth-order valence-corrected chi connectivity index (χ4v) is 15.1. The average molecular weight is 1670 g/mol. The lowest BCUT2D eigenvalue weighted by molar-refractivity contribution is -0.130. The summed E-state index contributed by atoms with van der Waals surface area (Å²) in [5.74, 6) is 3.24. The number of benzene rings is 5. The van der Waals surface area contributed by atoms with Gasteiger partial charge >= 0.3 is 0 Å². The molecule has 6 amide bonds. The van der Waals surface area contributed by atoms with Gasteiger partial charge in [0, 0.05) is 151 Å². The van der Waals surface area contributed by atoms with E-state index in [1.54, 1.807) is 57.2 Å². The largest absolute Gasteiger partial charge is 0.395 e. The summed E-state index contributed by atoms with van der Waals surface area (Å²) in [5.41, 5.74) is 21.3. The number of anilines is 6. The second kappa shape index (κ2) is 43.5. The van der Waals surface area contributed by atoms with Gasteiger partial charge in [0.1, 0.15) is 23.3 Å². The van der Waals surface area contributed by atoms with E-state index in [4.69, 9.17) is 5.11 Å². The summed E-state index contributed by atoms with van der Waals surface area (Å²) in [5, 5.41) is 20.7. The molecule has 0 spiro atoms. The highest BCUT2D eigenvalue weighted by atomic mass is 16.3. The smallest absolute Gasteiger partial charge is 0.230 e. The van der Waals surface area contributed by atoms with Crippen LogP contribution in [0.1, 0.15) is 88.8 Å². The van der Waals surface area contributed by atoms with Crippen LogP contribution >= 0.6 is 0 Å². The SMILES string of the molecule is CC(=O)N1CCC(c2ccc(NC(=O)Cc3ccc(-c4ccnc(C)c4)cc3)cc2)CC1.CC(=O)N1CCN(c2ccc(CC(=O)Nc3ccc(-c4cccc(C)c4)cn3)cn2)CC1.Cc1cc(-c2ccc(CC(=O)Nc3ccc(-n4cnc(C)c4)cn3)cc2)ccn1.Cc1cc(-c2ccc(CC(=O)Nc3ccc(N4CCN(CCO)CC4)nc3)cc2)ccn1. The van der Waals surface area contributed by atoms with Crippen molar-refractivity contribution >= 4 is 70.1 Å². The number of aliphatic hydroxyl groups excluding tert-OH is 1. The minimum atomic E-state index is -0.134. The average Bonchev–Trinajstić information content (AvgIpc) is 1.81. The number of aliphatic hydroxyl groups is 1. The topological polar surface area (TPSA) is 295 Å². The Balaban J connectivity index is 0.000000143. The van der Waals surface area contributed by atoms with E-state index in [-0.39, 0.29) is 48.5 Å². The Labute approximate surface area is 730 Å². The zero-order chi connectivity index (χ0) is 87.6. The Hall–Kier alpha value is -14.3. The third kappa shape index (κ3) is 26.4. The zero-order valence-corrected chi connectivity index (χ0v) is 71.8. The first-order valence-electron chi connectivity index (χ1n) is 42.2. The number of hydrogen-bond donors (Lipinski definition) is 5. The molecule has 25 nitrogen and oxygen atoms in total. The highest BCUT2D eigenvalue weighted by Crippen LogP contribution is 2.31. The maximum Gasteiger partial charge on any atom is 0.230 e. The van der Waals surface area contributed by atoms with Crippen LogP contribution in [0.2, 0.25) is 0 Å². The number of nitrogens with zero attached hydrogens (tertiary/aromatic N) is 14. The van der Waals surface area contributed by atoms with Gasteiger partial charge in [0.05, 0.1) is 68.1 Å². The number of carbonyl (C=O) groups is 6. The van der Waals surface area contributed by atoms with E-state index in [0.29, 0.717) is 55.6 Å². The van der Waals surface area contributed by atoms with Crippen molar-refractivity contribution in [1.82, 2.24) is 59.1 Å². The molecule has 125 heavy (non-hydrogen) atoms. The lowest BCUT2D eigenvalue weighted by Crippen LogP contribution is -2.48. The Bertz CT molecular complexity index is 5580. The van der Waals surface area contributed by atoms with Gasteiger partial charge in [-0.1, -0.05) is 121 Å². The number of nitrogens with one attached hydrogen (secondary N) is 4. The molecule has 0 aliphatic carbocycles. The Morgan fingerprint density at radius 3 is 1.24 bits per heavy atom. The summed E-state index contributed by atoms with van der Waals surface area (Å²) in [6.45, 7) is 22.2. The molecule has 3 fully saturated rings. The fourth-order valence-electron chi connectivity index (χ4n) is 15.1. The van der Waals surface area contributed by atoms with Gasteiger partial charge in [0.25, 0.3) is 0 Å². The van der Waals surface area contributed by atoms with Crippen LogP contribution in [-0.4, -0.2) is 178 Å². The standard InChI is InChI=1S/C27H29N3O2.C25H27N5O2.C25H29N5O2.C23H21N5O/c1-19-17-25(11-14-28-19)23-5-3-21(4-6-23)18-27(32)29-26-9-7-22(8-10-26)24-12-15-30(16-13-24)20(2)31;1-18-4-3-5-21(14-18)22-7-8-23(26-17-22)28-25(32)15-20-6-9-24(27-16-20)30-12-10-29(11-13-30)19(2)31;1-19-16-22(8-9-26-19)21-4-2-20(3-5-21)17-25(32)28-23-6-7-24(27-18-23)30-12-10-29(11-13-30)14-15-31;1-16-11-20(9-10-24-16)19-5-3-18(4-6-19)12-23(29)27-22-8-7-21(13-25-22)28-14-17(2)26-15-28/h3-11,14,17,24H,12-13,15-16,18H2,1-2H3,(H,29,32);3-9,14,16-17H,10-13,15H2,1-2H3,(H,26,28,32);2-9,16,18,31H,10-15,17H2,1H3,(H,28,32);3-11,13-15H,12H2,1-2H3,(H,25,27,29). The molecule has 5 N–H and O–H groups in total. The molecule has 0 atom stereocenters. The molecule has 11 heterocycles. The third-order valence-corrected chi connectivity index (χ3v) is 22.0. The van der Waals surface area contributed by atoms with E-state index in [1.807, 2.05) is 231 Å². The van der Waals surface area contributed by atoms with Crippen LogP contribution in [-0.2, 0) is 54.5 Å². The molecule has 5 aromatic carbocycles. The number of amides is 6. The quantitative estimate of drug-likeness (QED) is 0.0421. The fraction of sp³-hybridized carbons (Fsp3) is 0.260. The summed E-state index contributed by atoms with van der Waals surface area (Å²) >= 11 is 0. The maximum atomic E-state index is 12.5. The van der Waals surface area contributed by atoms with Crippen molar-refractivity contribution in [3.05, 3.63) is 318 Å². The van der Waals surface area contributed by atoms with Crippen LogP contribution in [0.3, 0.4) is 0 Å². The summed E-state index contributed by atoms with van der Waals surface area (Å²) in [4.78, 5) is 118. The number of piperazine rings is 2. The molecule has 0 radical (unpaired) electrons. The van der Waals surface area contributed by atoms with Gasteiger partial charge in [-0.05, 0) is 211 Å². The molecular formula is C100H106N18O7. The number of piperidine rings is 1. The lowest BCUT2D eigenvalue weighted by atomic mass is 9.89. The van der Waals surface area contributed by atoms with Crippen LogP contribution < -0.4 is 31.1 Å². The summed E-state index contributed by atoms with van der Waals surface area (Å²) in [6.07, 6.45) is 19.1. The van der Waals surface area contributed by atoms with Crippen LogP contribution in [0.5, 0.6) is 0 Å². The van der Waals surface area contributed by atoms with Crippen LogP contribution in [0.25, 0.3) is 50.2 Å². The molecular weight excluding hydrogens is 1570 g/mol. The summed E-state index contributed by atoms with van der Waals surface area (Å²) in [6, 6.07) is 67.8. The molecule has 3 aliphatic heterocycles. The van der Waals surface area contributed by atoms with Crippen molar-refractivity contribution in [3.8, 4) is 50.2 Å². The van der Waals surface area contributed by atoms with E-state index in [0.717, 1.165) is 184 Å². The van der Waals surface area contributed by atoms with Gasteiger partial charge < -0.3 is 50.5 Å². The molecule has 0 saturated carbocycles. The highest BCUT2D eigenvalue weighted by molar-refractivity contribution is 5.94. The number of likely N-dealkylation sites (tertiary alicyclic amines) is 1. The highest BCUT2D eigenvalue weighted by Gasteiger charge is 2.24. The van der Waals surface area contributed by atoms with Crippen LogP contribution in [0.15, 0.2) is 262 Å². The predicted octanol–water partition coefficient (Wildman–Crippen LogP) is 15.1. The molecule has 3 aliphatic rings. The predicted molar refractivity (Wildman–Crippen MR) is 492 cm³/mol. The number of rotatable bonds is 22. The van der Waals surface area contributed by atoms with E-state index in [1.165, 1.54) is 11.1 Å². The van der Waals surface area contributed by atoms with Crippen molar-refractivity contribution in [3.63, 3.8) is 0 Å². The number of carbonyl (C=O) groups excluding carboxylic acids is 6. The second-order valence-electron chi connectivity index (χ2n) is 31.6. The molecule has 13 aromatic rings. The lowest BCUT2D eigenvalue weighted by Gasteiger charge is -2.35. The van der Waals surface area contributed by atoms with Gasteiger partial charge in [-0.15, -0.1) is 0 Å². The van der Waals surface area contributed by atoms with Crippen molar-refractivity contribution < 1.29 is 33.9 Å². The van der Waals surface area contributed by atoms with E-state index < -0.39 is 0 Å². The summed E-state index contributed by atoms with van der Waals surface area (Å²) < 4.78 is 1.89. The monoisotopic (exact) mass is 1670 g/mol. The summed E-state index contributed by atoms with van der Waals surface area (Å²) in [7, 11) is 0. The van der Waals surface area contributed by atoms with Gasteiger partial charge in [-0.3, -0.25) is 48.6 Å². The van der Waals surface area contributed by atoms with Crippen LogP contribution in [0.4, 0.5) is 34.6 Å². The van der Waals surface area contributed by atoms with Crippen molar-refractivity contribution in [2.45, 2.75) is 92.9 Å². The first kappa shape index (κ1) is 88.5. The molecule has 0 unspecified atom stereocenters. The number of hydrogen-bond acceptors (Lipinski definition) is 18. The van der Waals surface area contributed by atoms with Gasteiger partial charge in [0.2, 0.25) is 35.4 Å². The van der Waals surface area contributed by atoms with Crippen molar-refractivity contribution in [1.29, 1.82) is 0 Å². The minimum Gasteiger partial charge on any atom is -0.395 e.